The van der Waals surface area contributed by atoms with Crippen LogP contribution in [0.25, 0.3) is 0 Å². The van der Waals surface area contributed by atoms with Gasteiger partial charge in [0, 0.05) is 26.1 Å². The normalized spacial score (nSPS) is 12.1. The number of rotatable bonds is 8. The van der Waals surface area contributed by atoms with Crippen LogP contribution in [0.2, 0.25) is 0 Å². The number of nitriles is 1. The lowest BCUT2D eigenvalue weighted by Gasteiger charge is -2.14. The molecule has 0 aliphatic rings. The van der Waals surface area contributed by atoms with Gasteiger partial charge in [-0.2, -0.15) is 5.26 Å². The quantitative estimate of drug-likeness (QED) is 0.692. The van der Waals surface area contributed by atoms with Crippen LogP contribution in [0.15, 0.2) is 24.3 Å². The Kier molecular flexibility index (Phi) is 7.09. The highest BCUT2D eigenvalue weighted by atomic mass is 14.9. The van der Waals surface area contributed by atoms with Gasteiger partial charge in [0.05, 0.1) is 6.07 Å². The zero-order chi connectivity index (χ0) is 13.2. The summed E-state index contributed by atoms with van der Waals surface area (Å²) in [6.45, 7) is 4.50. The van der Waals surface area contributed by atoms with Crippen LogP contribution in [0.4, 0.5) is 0 Å². The third-order valence-electron chi connectivity index (χ3n) is 3.05. The Balaban J connectivity index is 2.69. The molecule has 1 aromatic carbocycles. The van der Waals surface area contributed by atoms with Gasteiger partial charge in [-0.25, -0.2) is 0 Å². The smallest absolute Gasteiger partial charge is 0.0628 e. The molecular weight excluding hydrogens is 222 g/mol. The molecule has 0 spiro atoms. The Morgan fingerprint density at radius 3 is 2.94 bits per heavy atom. The monoisotopic (exact) mass is 245 g/mol. The summed E-state index contributed by atoms with van der Waals surface area (Å²) in [5, 5.41) is 12.2. The maximum Gasteiger partial charge on any atom is 0.0628 e. The molecule has 0 bridgehead atoms. The van der Waals surface area contributed by atoms with E-state index < -0.39 is 0 Å². The third kappa shape index (κ3) is 4.87. The SMILES string of the molecule is CCCC(CC#N)c1cccc(CNCCN)c1. The van der Waals surface area contributed by atoms with Crippen LogP contribution in [0, 0.1) is 11.3 Å². The number of nitrogens with one attached hydrogen (secondary N) is 1. The Morgan fingerprint density at radius 1 is 1.44 bits per heavy atom. The van der Waals surface area contributed by atoms with E-state index in [1.54, 1.807) is 0 Å². The Hall–Kier alpha value is -1.37. The first-order chi connectivity index (χ1) is 8.81. The molecule has 0 radical (unpaired) electrons. The number of hydrogen-bond donors (Lipinski definition) is 2. The van der Waals surface area contributed by atoms with E-state index >= 15 is 0 Å². The molecule has 0 aliphatic heterocycles. The summed E-state index contributed by atoms with van der Waals surface area (Å²) in [6.07, 6.45) is 2.79. The Labute approximate surface area is 110 Å². The predicted molar refractivity (Wildman–Crippen MR) is 75.1 cm³/mol. The summed E-state index contributed by atoms with van der Waals surface area (Å²) >= 11 is 0. The van der Waals surface area contributed by atoms with Crippen molar-refractivity contribution in [3.63, 3.8) is 0 Å². The molecule has 0 saturated carbocycles. The number of hydrogen-bond acceptors (Lipinski definition) is 3. The van der Waals surface area contributed by atoms with Gasteiger partial charge < -0.3 is 11.1 Å². The highest BCUT2D eigenvalue weighted by Gasteiger charge is 2.10. The fraction of sp³-hybridized carbons (Fsp3) is 0.533. The summed E-state index contributed by atoms with van der Waals surface area (Å²) in [5.74, 6) is 0.370. The van der Waals surface area contributed by atoms with Gasteiger partial charge >= 0.3 is 0 Å². The van der Waals surface area contributed by atoms with Crippen molar-refractivity contribution in [1.82, 2.24) is 5.32 Å². The molecule has 0 fully saturated rings. The third-order valence-corrected chi connectivity index (χ3v) is 3.05. The molecule has 3 N–H and O–H groups in total. The Morgan fingerprint density at radius 2 is 2.28 bits per heavy atom. The highest BCUT2D eigenvalue weighted by molar-refractivity contribution is 5.27. The molecule has 1 atom stereocenters. The summed E-state index contributed by atoms with van der Waals surface area (Å²) in [7, 11) is 0. The van der Waals surface area contributed by atoms with E-state index in [0.29, 0.717) is 18.9 Å². The van der Waals surface area contributed by atoms with Gasteiger partial charge in [0.1, 0.15) is 0 Å². The first kappa shape index (κ1) is 14.7. The fourth-order valence-corrected chi connectivity index (χ4v) is 2.14. The molecule has 0 aliphatic carbocycles. The summed E-state index contributed by atoms with van der Waals surface area (Å²) < 4.78 is 0. The van der Waals surface area contributed by atoms with Crippen LogP contribution in [0.5, 0.6) is 0 Å². The van der Waals surface area contributed by atoms with Crippen molar-refractivity contribution in [1.29, 1.82) is 5.26 Å². The van der Waals surface area contributed by atoms with E-state index in [1.165, 1.54) is 11.1 Å². The standard InChI is InChI=1S/C15H23N3/c1-2-4-14(7-8-16)15-6-3-5-13(11-15)12-18-10-9-17/h3,5-6,11,14,18H,2,4,7,9-10,12,17H2,1H3. The van der Waals surface area contributed by atoms with Crippen LogP contribution < -0.4 is 11.1 Å². The van der Waals surface area contributed by atoms with Crippen LogP contribution in [0.3, 0.4) is 0 Å². The van der Waals surface area contributed by atoms with Gasteiger partial charge in [0.25, 0.3) is 0 Å². The van der Waals surface area contributed by atoms with Gasteiger partial charge in [-0.15, -0.1) is 0 Å². The topological polar surface area (TPSA) is 61.8 Å². The predicted octanol–water partition coefficient (Wildman–Crippen LogP) is 2.53. The van der Waals surface area contributed by atoms with E-state index in [0.717, 1.165) is 25.9 Å². The van der Waals surface area contributed by atoms with E-state index in [-0.39, 0.29) is 0 Å². The Bertz CT molecular complexity index is 382. The van der Waals surface area contributed by atoms with Crippen LogP contribution >= 0.6 is 0 Å². The van der Waals surface area contributed by atoms with Gasteiger partial charge in [-0.1, -0.05) is 37.6 Å². The van der Waals surface area contributed by atoms with E-state index in [2.05, 4.69) is 42.6 Å². The molecule has 3 nitrogen and oxygen atoms in total. The number of benzene rings is 1. The second-order valence-electron chi connectivity index (χ2n) is 4.56. The fourth-order valence-electron chi connectivity index (χ4n) is 2.14. The molecular formula is C15H23N3. The maximum atomic E-state index is 8.89. The number of nitrogens with two attached hydrogens (primary N) is 1. The average molecular weight is 245 g/mol. The minimum Gasteiger partial charge on any atom is -0.329 e. The lowest BCUT2D eigenvalue weighted by Crippen LogP contribution is -2.21. The largest absolute Gasteiger partial charge is 0.329 e. The van der Waals surface area contributed by atoms with Gasteiger partial charge in [-0.3, -0.25) is 0 Å². The molecule has 1 rings (SSSR count). The van der Waals surface area contributed by atoms with Gasteiger partial charge in [0.15, 0.2) is 0 Å². The van der Waals surface area contributed by atoms with Crippen molar-refractivity contribution in [2.75, 3.05) is 13.1 Å². The molecule has 0 heterocycles. The average Bonchev–Trinajstić information content (AvgIpc) is 2.39. The van der Waals surface area contributed by atoms with Gasteiger partial charge in [0.2, 0.25) is 0 Å². The highest BCUT2D eigenvalue weighted by Crippen LogP contribution is 2.25. The van der Waals surface area contributed by atoms with Crippen molar-refractivity contribution in [2.24, 2.45) is 5.73 Å². The maximum absolute atomic E-state index is 8.89. The van der Waals surface area contributed by atoms with Crippen molar-refractivity contribution >= 4 is 0 Å². The molecule has 1 aromatic rings. The van der Waals surface area contributed by atoms with Crippen molar-refractivity contribution in [3.8, 4) is 6.07 Å². The molecule has 0 saturated heterocycles. The summed E-state index contributed by atoms with van der Waals surface area (Å²) in [6, 6.07) is 10.8. The minimum absolute atomic E-state index is 0.370. The van der Waals surface area contributed by atoms with Crippen molar-refractivity contribution < 1.29 is 0 Å². The van der Waals surface area contributed by atoms with Crippen LogP contribution in [-0.2, 0) is 6.54 Å². The van der Waals surface area contributed by atoms with Crippen molar-refractivity contribution in [2.45, 2.75) is 38.6 Å². The number of nitrogens with zero attached hydrogens (tertiary/aromatic N) is 1. The molecule has 0 aromatic heterocycles. The summed E-state index contributed by atoms with van der Waals surface area (Å²) in [4.78, 5) is 0. The zero-order valence-corrected chi connectivity index (χ0v) is 11.2. The second-order valence-corrected chi connectivity index (χ2v) is 4.56. The van der Waals surface area contributed by atoms with E-state index in [1.807, 2.05) is 0 Å². The lowest BCUT2D eigenvalue weighted by atomic mass is 9.91. The van der Waals surface area contributed by atoms with E-state index in [4.69, 9.17) is 11.0 Å². The first-order valence-electron chi connectivity index (χ1n) is 6.68. The molecule has 18 heavy (non-hydrogen) atoms. The molecule has 0 amide bonds. The molecule has 98 valence electrons. The van der Waals surface area contributed by atoms with Crippen LogP contribution in [-0.4, -0.2) is 13.1 Å². The molecule has 1 unspecified atom stereocenters. The van der Waals surface area contributed by atoms with Crippen molar-refractivity contribution in [3.05, 3.63) is 35.4 Å². The van der Waals surface area contributed by atoms with Crippen LogP contribution in [0.1, 0.15) is 43.2 Å². The lowest BCUT2D eigenvalue weighted by molar-refractivity contribution is 0.623. The van der Waals surface area contributed by atoms with Gasteiger partial charge in [-0.05, 0) is 23.5 Å². The van der Waals surface area contributed by atoms with E-state index in [9.17, 15) is 0 Å². The minimum atomic E-state index is 0.370. The molecule has 3 heteroatoms. The zero-order valence-electron chi connectivity index (χ0n) is 11.2. The second kappa shape index (κ2) is 8.68. The first-order valence-corrected chi connectivity index (χ1v) is 6.68. The summed E-state index contributed by atoms with van der Waals surface area (Å²) in [5.41, 5.74) is 8.00.